The van der Waals surface area contributed by atoms with E-state index in [0.717, 1.165) is 0 Å². The maximum atomic E-state index is 15.0. The highest BCUT2D eigenvalue weighted by atomic mass is 35.7. The number of halogens is 14. The van der Waals surface area contributed by atoms with Gasteiger partial charge >= 0.3 is 41.8 Å². The van der Waals surface area contributed by atoms with E-state index < -0.39 is 54.1 Å². The van der Waals surface area contributed by atoms with E-state index in [0.29, 0.717) is 27.7 Å². The van der Waals surface area contributed by atoms with Crippen LogP contribution in [0.4, 0.5) is 52.7 Å². The van der Waals surface area contributed by atoms with E-state index in [4.69, 9.17) is 22.2 Å². The zero-order chi connectivity index (χ0) is 24.1. The summed E-state index contributed by atoms with van der Waals surface area (Å²) in [4.78, 5) is 0. The van der Waals surface area contributed by atoms with Crippen LogP contribution in [0.25, 0.3) is 0 Å². The fourth-order valence-electron chi connectivity index (χ4n) is 1.91. The fourth-order valence-corrected chi connectivity index (χ4v) is 6.12. The van der Waals surface area contributed by atoms with E-state index in [2.05, 4.69) is 9.47 Å². The van der Waals surface area contributed by atoms with Crippen LogP contribution in [0.3, 0.4) is 0 Å². The van der Waals surface area contributed by atoms with E-state index in [9.17, 15) is 43.9 Å². The molecule has 0 amide bonds. The zero-order valence-corrected chi connectivity index (χ0v) is 17.3. The summed E-state index contributed by atoms with van der Waals surface area (Å²) in [7, 11) is 0. The van der Waals surface area contributed by atoms with Crippen LogP contribution in [0, 0.1) is 0 Å². The second-order valence-corrected chi connectivity index (χ2v) is 12.7. The molecule has 0 N–H and O–H groups in total. The van der Waals surface area contributed by atoms with Crippen molar-refractivity contribution in [3.05, 3.63) is 0 Å². The third-order valence-corrected chi connectivity index (χ3v) is 8.52. The number of ether oxygens (including phenoxy) is 2. The highest BCUT2D eigenvalue weighted by Crippen LogP contribution is 2.62. The fraction of sp³-hybridized carbons (Fsp3) is 1.00. The molecule has 29 heavy (non-hydrogen) atoms. The van der Waals surface area contributed by atoms with E-state index >= 15 is 8.78 Å². The minimum absolute atomic E-state index is 0.587. The molecule has 0 saturated carbocycles. The maximum Gasteiger partial charge on any atom is 0.459 e. The molecule has 0 saturated heterocycles. The Balaban J connectivity index is 7.20. The SMILES string of the molecule is CC(C)OC(F)(C(F)(F)C(F)(F)F)[Si](Cl)(Cl)C(F)(OC(C)C)C(F)(F)C(F)(F)F. The summed E-state index contributed by atoms with van der Waals surface area (Å²) in [6, 6.07) is 0. The number of alkyl halides is 12. The lowest BCUT2D eigenvalue weighted by Crippen LogP contribution is -2.79. The van der Waals surface area contributed by atoms with Crippen LogP contribution >= 0.6 is 22.2 Å². The predicted octanol–water partition coefficient (Wildman–Crippen LogP) is 6.56. The normalized spacial score (nSPS) is 19.4. The van der Waals surface area contributed by atoms with Crippen LogP contribution in [-0.4, -0.2) is 54.1 Å². The molecule has 2 atom stereocenters. The Morgan fingerprint density at radius 1 is 0.552 bits per heavy atom. The van der Waals surface area contributed by atoms with Crippen molar-refractivity contribution >= 4 is 28.9 Å². The summed E-state index contributed by atoms with van der Waals surface area (Å²) in [5.74, 6) is -13.8. The number of rotatable bonds is 8. The predicted molar refractivity (Wildman–Crippen MR) is 79.6 cm³/mol. The third-order valence-electron chi connectivity index (χ3n) is 3.12. The smallest absolute Gasteiger partial charge is 0.339 e. The van der Waals surface area contributed by atoms with Crippen LogP contribution in [-0.2, 0) is 9.47 Å². The first-order chi connectivity index (χ1) is 12.3. The standard InChI is InChI=1S/C12H14Cl2F12O2Si/c1-5(2)27-11(25,7(15,16)9(19,20)21)29(13,14)12(26,28-6(3)4)8(17,18)10(22,23)24/h5-6H,1-4H3. The van der Waals surface area contributed by atoms with Crippen molar-refractivity contribution in [2.45, 2.75) is 75.1 Å². The largest absolute Gasteiger partial charge is 0.459 e. The molecule has 0 aromatic rings. The van der Waals surface area contributed by atoms with Crippen LogP contribution in [0.15, 0.2) is 0 Å². The molecule has 0 aliphatic carbocycles. The van der Waals surface area contributed by atoms with E-state index in [1.807, 2.05) is 0 Å². The molecular weight excluding hydrogens is 503 g/mol. The molecule has 0 fully saturated rings. The molecule has 0 heterocycles. The molecule has 0 aliphatic rings. The van der Waals surface area contributed by atoms with Crippen molar-refractivity contribution in [3.63, 3.8) is 0 Å². The Hall–Kier alpha value is -0.123. The van der Waals surface area contributed by atoms with Crippen LogP contribution < -0.4 is 0 Å². The van der Waals surface area contributed by atoms with E-state index in [-0.39, 0.29) is 0 Å². The summed E-state index contributed by atoms with van der Waals surface area (Å²) < 4.78 is 169. The van der Waals surface area contributed by atoms with Gasteiger partial charge in [-0.3, -0.25) is 0 Å². The van der Waals surface area contributed by atoms with Gasteiger partial charge in [0, 0.05) is 0 Å². The first-order valence-corrected chi connectivity index (χ1v) is 11.4. The van der Waals surface area contributed by atoms with Gasteiger partial charge in [0.15, 0.2) is 0 Å². The van der Waals surface area contributed by atoms with Crippen molar-refractivity contribution in [1.82, 2.24) is 0 Å². The van der Waals surface area contributed by atoms with Gasteiger partial charge in [0.1, 0.15) is 0 Å². The average Bonchev–Trinajstić information content (AvgIpc) is 2.42. The lowest BCUT2D eigenvalue weighted by molar-refractivity contribution is -0.382. The van der Waals surface area contributed by atoms with Gasteiger partial charge in [0.2, 0.25) is 0 Å². The lowest BCUT2D eigenvalue weighted by atomic mass is 10.3. The minimum atomic E-state index is -7.60. The lowest BCUT2D eigenvalue weighted by Gasteiger charge is -2.48. The second kappa shape index (κ2) is 8.09. The Kier molecular flexibility index (Phi) is 8.06. The average molecular weight is 517 g/mol. The molecule has 0 rings (SSSR count). The monoisotopic (exact) mass is 516 g/mol. The van der Waals surface area contributed by atoms with Crippen molar-refractivity contribution < 1.29 is 62.2 Å². The molecule has 0 aromatic heterocycles. The molecule has 0 bridgehead atoms. The Morgan fingerprint density at radius 3 is 0.897 bits per heavy atom. The summed E-state index contributed by atoms with van der Waals surface area (Å²) in [6.45, 7) is -5.25. The van der Waals surface area contributed by atoms with Gasteiger partial charge in [-0.05, 0) is 27.7 Å². The van der Waals surface area contributed by atoms with Gasteiger partial charge in [-0.25, -0.2) is 8.78 Å². The molecule has 176 valence electrons. The Morgan fingerprint density at radius 2 is 0.759 bits per heavy atom. The highest BCUT2D eigenvalue weighted by Gasteiger charge is 2.92. The first-order valence-electron chi connectivity index (χ1n) is 7.33. The summed E-state index contributed by atoms with van der Waals surface area (Å²) in [6.07, 6.45) is -18.1. The molecule has 2 nitrogen and oxygen atoms in total. The van der Waals surface area contributed by atoms with Crippen LogP contribution in [0.2, 0.25) is 0 Å². The molecule has 0 radical (unpaired) electrons. The number of hydrogen-bond acceptors (Lipinski definition) is 2. The van der Waals surface area contributed by atoms with Gasteiger partial charge in [-0.1, -0.05) is 0 Å². The summed E-state index contributed by atoms with van der Waals surface area (Å²) in [5, 5.41) is 0. The first kappa shape index (κ1) is 28.9. The molecule has 0 spiro atoms. The molecule has 0 aliphatic heterocycles. The molecule has 0 aromatic carbocycles. The van der Waals surface area contributed by atoms with Crippen LogP contribution in [0.1, 0.15) is 27.7 Å². The van der Waals surface area contributed by atoms with Gasteiger partial charge in [0.25, 0.3) is 0 Å². The van der Waals surface area contributed by atoms with E-state index in [1.165, 1.54) is 0 Å². The van der Waals surface area contributed by atoms with E-state index in [1.54, 1.807) is 0 Å². The van der Waals surface area contributed by atoms with Gasteiger partial charge in [-0.2, -0.15) is 43.9 Å². The van der Waals surface area contributed by atoms with Crippen molar-refractivity contribution in [2.24, 2.45) is 0 Å². The summed E-state index contributed by atoms with van der Waals surface area (Å²) >= 11 is 9.93. The van der Waals surface area contributed by atoms with Gasteiger partial charge in [-0.15, -0.1) is 22.2 Å². The highest BCUT2D eigenvalue weighted by molar-refractivity contribution is 7.47. The quantitative estimate of drug-likeness (QED) is 0.206. The van der Waals surface area contributed by atoms with Crippen molar-refractivity contribution in [1.29, 1.82) is 0 Å². The van der Waals surface area contributed by atoms with Crippen LogP contribution in [0.5, 0.6) is 0 Å². The maximum absolute atomic E-state index is 15.0. The third kappa shape index (κ3) is 4.57. The molecule has 17 heteroatoms. The minimum Gasteiger partial charge on any atom is -0.339 e. The molecular formula is C12H14Cl2F12O2Si. The van der Waals surface area contributed by atoms with Crippen molar-refractivity contribution in [2.75, 3.05) is 0 Å². The zero-order valence-electron chi connectivity index (χ0n) is 14.8. The Labute approximate surface area is 166 Å². The topological polar surface area (TPSA) is 18.5 Å². The molecule has 2 unspecified atom stereocenters. The summed E-state index contributed by atoms with van der Waals surface area (Å²) in [5.41, 5.74) is -12.2. The van der Waals surface area contributed by atoms with Crippen molar-refractivity contribution in [3.8, 4) is 0 Å². The second-order valence-electron chi connectivity index (χ2n) is 6.24. The van der Waals surface area contributed by atoms with Gasteiger partial charge < -0.3 is 9.47 Å². The Bertz CT molecular complexity index is 532. The number of hydrogen-bond donors (Lipinski definition) is 0. The van der Waals surface area contributed by atoms with Gasteiger partial charge in [0.05, 0.1) is 12.2 Å².